The summed E-state index contributed by atoms with van der Waals surface area (Å²) < 4.78 is 22.4. The number of rotatable bonds is 7. The normalized spacial score (nSPS) is 20.9. The van der Waals surface area contributed by atoms with E-state index in [2.05, 4.69) is 17.1 Å². The Hall–Kier alpha value is -1.19. The topological polar surface area (TPSA) is 119 Å². The molecule has 1 amide bonds. The summed E-state index contributed by atoms with van der Waals surface area (Å²) in [6.45, 7) is 5.44. The van der Waals surface area contributed by atoms with E-state index >= 15 is 0 Å². The van der Waals surface area contributed by atoms with E-state index in [1.807, 2.05) is 0 Å². The van der Waals surface area contributed by atoms with Crippen LogP contribution in [0.1, 0.15) is 18.9 Å². The first-order valence-corrected chi connectivity index (χ1v) is 9.57. The number of hydrogen-bond acceptors (Lipinski definition) is 5. The van der Waals surface area contributed by atoms with Crippen LogP contribution in [0, 0.1) is 5.41 Å². The predicted molar refractivity (Wildman–Crippen MR) is 100.0 cm³/mol. The fourth-order valence-electron chi connectivity index (χ4n) is 2.88. The third kappa shape index (κ3) is 6.56. The van der Waals surface area contributed by atoms with Gasteiger partial charge in [0.25, 0.3) is 0 Å². The number of nitrogens with two attached hydrogens (primary N) is 2. The Morgan fingerprint density at radius 1 is 1.32 bits per heavy atom. The van der Waals surface area contributed by atoms with Crippen LogP contribution >= 0.6 is 12.4 Å². The van der Waals surface area contributed by atoms with Crippen molar-refractivity contribution in [2.24, 2.45) is 16.3 Å². The molecule has 1 unspecified atom stereocenters. The highest BCUT2D eigenvalue weighted by atomic mass is 35.5. The molecule has 1 heterocycles. The number of nitrogens with one attached hydrogen (secondary N) is 1. The minimum absolute atomic E-state index is 0. The van der Waals surface area contributed by atoms with Gasteiger partial charge in [-0.2, -0.15) is 0 Å². The molecule has 142 valence electrons. The lowest BCUT2D eigenvalue weighted by molar-refractivity contribution is -0.122. The Kier molecular flexibility index (Phi) is 7.83. The highest BCUT2D eigenvalue weighted by Crippen LogP contribution is 2.27. The smallest absolute Gasteiger partial charge is 0.238 e. The number of nitrogens with zero attached hydrogens (tertiary/aromatic N) is 1. The number of primary sulfonamides is 1. The minimum atomic E-state index is -3.66. The van der Waals surface area contributed by atoms with Gasteiger partial charge in [-0.3, -0.25) is 9.69 Å². The molecule has 25 heavy (non-hydrogen) atoms. The summed E-state index contributed by atoms with van der Waals surface area (Å²) in [5.74, 6) is -0.00238. The standard InChI is InChI=1S/C16H26N4O3S.ClH/c1-16(11-17)7-9-20(12-16)10-15(21)19-8-6-13-2-4-14(5-3-13)24(18,22)23;/h2-5H,6-12,17H2,1H3,(H,19,21)(H2,18,22,23);1H. The van der Waals surface area contributed by atoms with Crippen molar-refractivity contribution in [1.82, 2.24) is 10.2 Å². The molecule has 5 N–H and O–H groups in total. The molecule has 0 aromatic heterocycles. The highest BCUT2D eigenvalue weighted by molar-refractivity contribution is 7.89. The maximum atomic E-state index is 12.0. The Balaban J connectivity index is 0.00000312. The summed E-state index contributed by atoms with van der Waals surface area (Å²) in [5.41, 5.74) is 6.83. The monoisotopic (exact) mass is 390 g/mol. The van der Waals surface area contributed by atoms with Gasteiger partial charge in [-0.1, -0.05) is 19.1 Å². The molecule has 7 nitrogen and oxygen atoms in total. The van der Waals surface area contributed by atoms with Crippen LogP contribution in [-0.2, 0) is 21.2 Å². The zero-order chi connectivity index (χ0) is 17.8. The van der Waals surface area contributed by atoms with Crippen LogP contribution in [0.3, 0.4) is 0 Å². The molecule has 0 saturated carbocycles. The quantitative estimate of drug-likeness (QED) is 0.609. The Labute approximate surface area is 155 Å². The molecule has 1 aromatic rings. The zero-order valence-corrected chi connectivity index (χ0v) is 16.0. The average molecular weight is 391 g/mol. The summed E-state index contributed by atoms with van der Waals surface area (Å²) in [7, 11) is -3.66. The van der Waals surface area contributed by atoms with Crippen molar-refractivity contribution in [3.8, 4) is 0 Å². The van der Waals surface area contributed by atoms with Crippen LogP contribution in [0.2, 0.25) is 0 Å². The first-order valence-electron chi connectivity index (χ1n) is 8.03. The second-order valence-electron chi connectivity index (χ2n) is 6.76. The van der Waals surface area contributed by atoms with Crippen LogP contribution in [0.15, 0.2) is 29.2 Å². The second-order valence-corrected chi connectivity index (χ2v) is 8.33. The number of hydrogen-bond donors (Lipinski definition) is 3. The summed E-state index contributed by atoms with van der Waals surface area (Å²) in [6, 6.07) is 6.37. The number of amides is 1. The van der Waals surface area contributed by atoms with Crippen molar-refractivity contribution in [2.45, 2.75) is 24.7 Å². The first-order chi connectivity index (χ1) is 11.2. The fraction of sp³-hybridized carbons (Fsp3) is 0.562. The molecule has 1 aliphatic heterocycles. The summed E-state index contributed by atoms with van der Waals surface area (Å²) in [5, 5.41) is 7.95. The van der Waals surface area contributed by atoms with Gasteiger partial charge in [0.1, 0.15) is 0 Å². The van der Waals surface area contributed by atoms with Crippen LogP contribution in [0.4, 0.5) is 0 Å². The van der Waals surface area contributed by atoms with Gasteiger partial charge in [0.2, 0.25) is 15.9 Å². The Bertz CT molecular complexity index is 681. The number of likely N-dealkylation sites (tertiary alicyclic amines) is 1. The lowest BCUT2D eigenvalue weighted by Gasteiger charge is -2.22. The van der Waals surface area contributed by atoms with Crippen molar-refractivity contribution in [2.75, 3.05) is 32.7 Å². The predicted octanol–water partition coefficient (Wildman–Crippen LogP) is 0.0852. The van der Waals surface area contributed by atoms with Gasteiger partial charge in [-0.05, 0) is 49.0 Å². The van der Waals surface area contributed by atoms with E-state index in [0.717, 1.165) is 25.1 Å². The van der Waals surface area contributed by atoms with Crippen molar-refractivity contribution >= 4 is 28.3 Å². The van der Waals surface area contributed by atoms with Gasteiger partial charge < -0.3 is 11.1 Å². The van der Waals surface area contributed by atoms with E-state index in [1.54, 1.807) is 12.1 Å². The largest absolute Gasteiger partial charge is 0.355 e. The van der Waals surface area contributed by atoms with Crippen molar-refractivity contribution in [3.63, 3.8) is 0 Å². The summed E-state index contributed by atoms with van der Waals surface area (Å²) in [6.07, 6.45) is 1.66. The van der Waals surface area contributed by atoms with E-state index < -0.39 is 10.0 Å². The molecule has 1 atom stereocenters. The fourth-order valence-corrected chi connectivity index (χ4v) is 3.39. The molecule has 0 aliphatic carbocycles. The van der Waals surface area contributed by atoms with Gasteiger partial charge in [0, 0.05) is 13.1 Å². The van der Waals surface area contributed by atoms with Crippen LogP contribution < -0.4 is 16.2 Å². The minimum Gasteiger partial charge on any atom is -0.355 e. The maximum absolute atomic E-state index is 12.0. The van der Waals surface area contributed by atoms with E-state index in [0.29, 0.717) is 26.1 Å². The SMILES string of the molecule is CC1(CN)CCN(CC(=O)NCCc2ccc(S(N)(=O)=O)cc2)C1.Cl. The maximum Gasteiger partial charge on any atom is 0.238 e. The second kappa shape index (κ2) is 8.95. The lowest BCUT2D eigenvalue weighted by atomic mass is 9.90. The molecule has 1 aromatic carbocycles. The number of halogens is 1. The zero-order valence-electron chi connectivity index (χ0n) is 14.4. The van der Waals surface area contributed by atoms with E-state index in [4.69, 9.17) is 10.9 Å². The van der Waals surface area contributed by atoms with Crippen LogP contribution in [-0.4, -0.2) is 51.9 Å². The van der Waals surface area contributed by atoms with Crippen molar-refractivity contribution in [3.05, 3.63) is 29.8 Å². The van der Waals surface area contributed by atoms with Crippen LogP contribution in [0.5, 0.6) is 0 Å². The summed E-state index contributed by atoms with van der Waals surface area (Å²) >= 11 is 0. The molecule has 9 heteroatoms. The third-order valence-electron chi connectivity index (χ3n) is 4.48. The van der Waals surface area contributed by atoms with Crippen molar-refractivity contribution < 1.29 is 13.2 Å². The van der Waals surface area contributed by atoms with Gasteiger partial charge in [0.05, 0.1) is 11.4 Å². The number of carbonyl (C=O) groups excluding carboxylic acids is 1. The Morgan fingerprint density at radius 3 is 2.48 bits per heavy atom. The highest BCUT2D eigenvalue weighted by Gasteiger charge is 2.32. The van der Waals surface area contributed by atoms with Gasteiger partial charge in [0.15, 0.2) is 0 Å². The van der Waals surface area contributed by atoms with E-state index in [9.17, 15) is 13.2 Å². The third-order valence-corrected chi connectivity index (χ3v) is 5.41. The molecule has 0 spiro atoms. The van der Waals surface area contributed by atoms with Gasteiger partial charge >= 0.3 is 0 Å². The molecule has 0 radical (unpaired) electrons. The Morgan fingerprint density at radius 2 is 1.96 bits per heavy atom. The average Bonchev–Trinajstić information content (AvgIpc) is 2.89. The molecule has 1 saturated heterocycles. The van der Waals surface area contributed by atoms with E-state index in [-0.39, 0.29) is 28.6 Å². The van der Waals surface area contributed by atoms with E-state index in [1.165, 1.54) is 12.1 Å². The number of benzene rings is 1. The molecule has 1 fully saturated rings. The van der Waals surface area contributed by atoms with Gasteiger partial charge in [-0.25, -0.2) is 13.6 Å². The molecule has 0 bridgehead atoms. The molecule has 1 aliphatic rings. The summed E-state index contributed by atoms with van der Waals surface area (Å²) in [4.78, 5) is 14.2. The van der Waals surface area contributed by atoms with Gasteiger partial charge in [-0.15, -0.1) is 12.4 Å². The molecular weight excluding hydrogens is 364 g/mol. The number of carbonyl (C=O) groups is 1. The first kappa shape index (κ1) is 21.9. The molecular formula is C16H27ClN4O3S. The number of sulfonamides is 1. The van der Waals surface area contributed by atoms with Crippen molar-refractivity contribution in [1.29, 1.82) is 0 Å². The van der Waals surface area contributed by atoms with Crippen LogP contribution in [0.25, 0.3) is 0 Å². The lowest BCUT2D eigenvalue weighted by Crippen LogP contribution is -2.38. The molecule has 2 rings (SSSR count).